The summed E-state index contributed by atoms with van der Waals surface area (Å²) in [6, 6.07) is 0.497. The van der Waals surface area contributed by atoms with Crippen molar-refractivity contribution in [2.75, 3.05) is 20.3 Å². The van der Waals surface area contributed by atoms with E-state index in [4.69, 9.17) is 18.7 Å². The molecule has 7 heteroatoms. The Bertz CT molecular complexity index is 182. The second-order valence-corrected chi connectivity index (χ2v) is 9.98. The molecule has 1 atom stereocenters. The first kappa shape index (κ1) is 15.2. The van der Waals surface area contributed by atoms with Crippen molar-refractivity contribution in [1.29, 1.82) is 0 Å². The molecule has 92 valence electrons. The Morgan fingerprint density at radius 2 is 1.93 bits per heavy atom. The van der Waals surface area contributed by atoms with Gasteiger partial charge in [0, 0.05) is 19.8 Å². The number of hydrogen-bond acceptors (Lipinski definition) is 5. The zero-order valence-corrected chi connectivity index (χ0v) is 12.1. The summed E-state index contributed by atoms with van der Waals surface area (Å²) >= 11 is 0. The van der Waals surface area contributed by atoms with Crippen LogP contribution in [0.2, 0.25) is 19.1 Å². The predicted octanol–water partition coefficient (Wildman–Crippen LogP) is 0.668. The van der Waals surface area contributed by atoms with Crippen molar-refractivity contribution in [2.45, 2.75) is 32.5 Å². The zero-order valence-electron chi connectivity index (χ0n) is 10.1. The smallest absolute Gasteiger partial charge is 0.398 e. The number of rotatable bonds is 8. The minimum absolute atomic E-state index is 0.446. The monoisotopic (exact) mass is 253 g/mol. The fraction of sp³-hybridized carbons (Fsp3) is 1.00. The lowest BCUT2D eigenvalue weighted by Crippen LogP contribution is -2.52. The standard InChI is InChI=1S/C8H23NO4Si2/c1-5-12-15(10,8-6-7-9)13-14(3,4)11-2/h10H,5-9H2,1-4H3. The van der Waals surface area contributed by atoms with Crippen LogP contribution in [0, 0.1) is 0 Å². The van der Waals surface area contributed by atoms with Gasteiger partial charge in [-0.25, -0.2) is 0 Å². The highest BCUT2D eigenvalue weighted by Crippen LogP contribution is 2.18. The fourth-order valence-corrected chi connectivity index (χ4v) is 6.43. The molecular formula is C8H23NO4Si2. The normalized spacial score (nSPS) is 16.4. The Labute approximate surface area is 94.1 Å². The van der Waals surface area contributed by atoms with Crippen LogP contribution in [0.5, 0.6) is 0 Å². The second kappa shape index (κ2) is 6.74. The molecule has 0 aromatic heterocycles. The molecular weight excluding hydrogens is 230 g/mol. The second-order valence-electron chi connectivity index (χ2n) is 3.74. The van der Waals surface area contributed by atoms with Crippen molar-refractivity contribution in [3.63, 3.8) is 0 Å². The molecule has 3 N–H and O–H groups in total. The largest absolute Gasteiger partial charge is 0.489 e. The Morgan fingerprint density at radius 3 is 2.33 bits per heavy atom. The van der Waals surface area contributed by atoms with Crippen LogP contribution < -0.4 is 5.73 Å². The molecule has 0 fully saturated rings. The Morgan fingerprint density at radius 1 is 1.33 bits per heavy atom. The van der Waals surface area contributed by atoms with E-state index in [-0.39, 0.29) is 0 Å². The van der Waals surface area contributed by atoms with Gasteiger partial charge in [-0.05, 0) is 33.0 Å². The lowest BCUT2D eigenvalue weighted by molar-refractivity contribution is 0.141. The van der Waals surface area contributed by atoms with Crippen molar-refractivity contribution < 1.29 is 17.8 Å². The minimum atomic E-state index is -3.07. The summed E-state index contributed by atoms with van der Waals surface area (Å²) in [6.07, 6.45) is 0.705. The summed E-state index contributed by atoms with van der Waals surface area (Å²) in [4.78, 5) is 10.2. The maximum absolute atomic E-state index is 10.2. The highest BCUT2D eigenvalue weighted by atomic mass is 28.5. The molecule has 1 unspecified atom stereocenters. The van der Waals surface area contributed by atoms with E-state index < -0.39 is 17.4 Å². The predicted molar refractivity (Wildman–Crippen MR) is 63.7 cm³/mol. The van der Waals surface area contributed by atoms with Crippen molar-refractivity contribution in [2.24, 2.45) is 5.73 Å². The SMILES string of the molecule is CCO[Si](O)(CCCN)O[Si](C)(C)OC. The topological polar surface area (TPSA) is 73.9 Å². The van der Waals surface area contributed by atoms with Crippen LogP contribution >= 0.6 is 0 Å². The van der Waals surface area contributed by atoms with Crippen LogP contribution in [0.15, 0.2) is 0 Å². The lowest BCUT2D eigenvalue weighted by Gasteiger charge is -2.31. The van der Waals surface area contributed by atoms with E-state index in [9.17, 15) is 4.80 Å². The van der Waals surface area contributed by atoms with Gasteiger partial charge < -0.3 is 23.5 Å². The summed E-state index contributed by atoms with van der Waals surface area (Å²) in [6.45, 7) is 6.58. The molecule has 0 aliphatic rings. The molecule has 0 saturated carbocycles. The quantitative estimate of drug-likeness (QED) is 0.622. The van der Waals surface area contributed by atoms with E-state index in [1.54, 1.807) is 7.11 Å². The first-order valence-electron chi connectivity index (χ1n) is 5.21. The molecule has 0 amide bonds. The van der Waals surface area contributed by atoms with Gasteiger partial charge in [-0.1, -0.05) is 0 Å². The Hall–Kier alpha value is 0.234. The van der Waals surface area contributed by atoms with E-state index >= 15 is 0 Å². The van der Waals surface area contributed by atoms with Crippen LogP contribution in [0.3, 0.4) is 0 Å². The molecule has 0 aromatic rings. The van der Waals surface area contributed by atoms with Gasteiger partial charge in [0.15, 0.2) is 0 Å². The minimum Gasteiger partial charge on any atom is -0.398 e. The van der Waals surface area contributed by atoms with Crippen LogP contribution in [-0.4, -0.2) is 42.4 Å². The lowest BCUT2D eigenvalue weighted by atomic mass is 10.5. The molecule has 0 spiro atoms. The number of hydrogen-bond donors (Lipinski definition) is 2. The summed E-state index contributed by atoms with van der Waals surface area (Å²) in [5.41, 5.74) is 5.41. The summed E-state index contributed by atoms with van der Waals surface area (Å²) in [5.74, 6) is 0. The highest BCUT2D eigenvalue weighted by Gasteiger charge is 2.43. The van der Waals surface area contributed by atoms with Gasteiger partial charge in [0.2, 0.25) is 0 Å². The van der Waals surface area contributed by atoms with Gasteiger partial charge in [-0.3, -0.25) is 0 Å². The van der Waals surface area contributed by atoms with E-state index in [0.717, 1.165) is 0 Å². The van der Waals surface area contributed by atoms with Gasteiger partial charge in [-0.15, -0.1) is 0 Å². The molecule has 0 heterocycles. The van der Waals surface area contributed by atoms with Gasteiger partial charge in [0.25, 0.3) is 0 Å². The van der Waals surface area contributed by atoms with Crippen molar-refractivity contribution in [1.82, 2.24) is 0 Å². The Kier molecular flexibility index (Phi) is 6.84. The van der Waals surface area contributed by atoms with E-state index in [1.807, 2.05) is 20.0 Å². The van der Waals surface area contributed by atoms with E-state index in [1.165, 1.54) is 0 Å². The van der Waals surface area contributed by atoms with Crippen LogP contribution in [0.25, 0.3) is 0 Å². The van der Waals surface area contributed by atoms with Crippen molar-refractivity contribution in [3.05, 3.63) is 0 Å². The van der Waals surface area contributed by atoms with E-state index in [0.29, 0.717) is 25.6 Å². The average Bonchev–Trinajstić information content (AvgIpc) is 2.14. The third-order valence-electron chi connectivity index (χ3n) is 1.96. The van der Waals surface area contributed by atoms with Crippen LogP contribution in [0.1, 0.15) is 13.3 Å². The Balaban J connectivity index is 4.35. The van der Waals surface area contributed by atoms with Gasteiger partial charge in [0.05, 0.1) is 0 Å². The molecule has 5 nitrogen and oxygen atoms in total. The summed E-state index contributed by atoms with van der Waals surface area (Å²) in [7, 11) is -3.73. The van der Waals surface area contributed by atoms with Gasteiger partial charge in [0.1, 0.15) is 0 Å². The summed E-state index contributed by atoms with van der Waals surface area (Å²) < 4.78 is 16.2. The van der Waals surface area contributed by atoms with Crippen molar-refractivity contribution >= 4 is 17.4 Å². The number of nitrogens with two attached hydrogens (primary N) is 1. The molecule has 0 aromatic carbocycles. The molecule has 0 radical (unpaired) electrons. The summed E-state index contributed by atoms with van der Waals surface area (Å²) in [5, 5.41) is 0. The third kappa shape index (κ3) is 6.41. The van der Waals surface area contributed by atoms with Crippen LogP contribution in [-0.2, 0) is 13.0 Å². The molecule has 15 heavy (non-hydrogen) atoms. The maximum Gasteiger partial charge on any atom is 0.489 e. The molecule has 0 aliphatic carbocycles. The van der Waals surface area contributed by atoms with Gasteiger partial charge in [-0.2, -0.15) is 0 Å². The zero-order chi connectivity index (χ0) is 11.9. The van der Waals surface area contributed by atoms with Crippen LogP contribution in [0.4, 0.5) is 0 Å². The molecule has 0 saturated heterocycles. The highest BCUT2D eigenvalue weighted by molar-refractivity contribution is 6.76. The van der Waals surface area contributed by atoms with E-state index in [2.05, 4.69) is 0 Å². The van der Waals surface area contributed by atoms with Gasteiger partial charge >= 0.3 is 17.4 Å². The first-order chi connectivity index (χ1) is 6.89. The fourth-order valence-electron chi connectivity index (χ4n) is 1.13. The average molecular weight is 253 g/mol. The maximum atomic E-state index is 10.2. The molecule has 0 rings (SSSR count). The molecule has 0 aliphatic heterocycles. The third-order valence-corrected chi connectivity index (χ3v) is 7.91. The first-order valence-corrected chi connectivity index (χ1v) is 9.99. The van der Waals surface area contributed by atoms with Crippen molar-refractivity contribution in [3.8, 4) is 0 Å². The molecule has 0 bridgehead atoms.